The van der Waals surface area contributed by atoms with Gasteiger partial charge in [0.25, 0.3) is 0 Å². The van der Waals surface area contributed by atoms with Gasteiger partial charge in [-0.05, 0) is 25.1 Å². The highest BCUT2D eigenvalue weighted by Gasteiger charge is 2.07. The molecule has 0 aliphatic rings. The fraction of sp³-hybridized carbons (Fsp3) is 0.167. The van der Waals surface area contributed by atoms with E-state index >= 15 is 0 Å². The lowest BCUT2D eigenvalue weighted by atomic mass is 10.2. The summed E-state index contributed by atoms with van der Waals surface area (Å²) in [6.45, 7) is 1.80. The Hall–Kier alpha value is -1.69. The van der Waals surface area contributed by atoms with Crippen LogP contribution in [0.15, 0.2) is 29.4 Å². The largest absolute Gasteiger partial charge is 0.384 e. The van der Waals surface area contributed by atoms with Crippen LogP contribution in [0.5, 0.6) is 0 Å². The zero-order valence-corrected chi connectivity index (χ0v) is 10.5. The second-order valence-electron chi connectivity index (χ2n) is 3.74. The summed E-state index contributed by atoms with van der Waals surface area (Å²) in [6, 6.07) is 5.01. The van der Waals surface area contributed by atoms with Crippen LogP contribution in [0.2, 0.25) is 0 Å². The third-order valence-electron chi connectivity index (χ3n) is 2.22. The van der Waals surface area contributed by atoms with Gasteiger partial charge in [0.2, 0.25) is 0 Å². The molecular weight excluding hydrogens is 256 g/mol. The minimum Gasteiger partial charge on any atom is -0.384 e. The Morgan fingerprint density at radius 3 is 2.72 bits per heavy atom. The molecule has 0 amide bonds. The molecule has 0 aliphatic carbocycles. The molecular formula is C12H11F2N3S. The van der Waals surface area contributed by atoms with Gasteiger partial charge >= 0.3 is 0 Å². The average Bonchev–Trinajstić information content (AvgIpc) is 2.29. The zero-order valence-electron chi connectivity index (χ0n) is 9.65. The van der Waals surface area contributed by atoms with Crippen molar-refractivity contribution in [2.45, 2.75) is 17.8 Å². The van der Waals surface area contributed by atoms with Gasteiger partial charge in [-0.25, -0.2) is 18.7 Å². The summed E-state index contributed by atoms with van der Waals surface area (Å²) in [5, 5.41) is 0.455. The summed E-state index contributed by atoms with van der Waals surface area (Å²) in [5.41, 5.74) is 6.61. The molecule has 0 bridgehead atoms. The number of halogens is 2. The van der Waals surface area contributed by atoms with Gasteiger partial charge in [-0.15, -0.1) is 0 Å². The summed E-state index contributed by atoms with van der Waals surface area (Å²) < 4.78 is 26.4. The Balaban J connectivity index is 2.13. The molecule has 0 saturated carbocycles. The quantitative estimate of drug-likeness (QED) is 0.686. The van der Waals surface area contributed by atoms with Crippen molar-refractivity contribution in [2.75, 3.05) is 5.73 Å². The van der Waals surface area contributed by atoms with E-state index < -0.39 is 11.6 Å². The van der Waals surface area contributed by atoms with Crippen LogP contribution in [0.25, 0.3) is 0 Å². The number of rotatable bonds is 3. The molecule has 0 fully saturated rings. The number of anilines is 1. The summed E-state index contributed by atoms with van der Waals surface area (Å²) in [4.78, 5) is 8.17. The van der Waals surface area contributed by atoms with Gasteiger partial charge in [0.15, 0.2) is 5.16 Å². The fourth-order valence-electron chi connectivity index (χ4n) is 1.43. The normalized spacial score (nSPS) is 10.6. The van der Waals surface area contributed by atoms with Crippen LogP contribution in [-0.2, 0) is 5.75 Å². The minimum absolute atomic E-state index is 0.256. The summed E-state index contributed by atoms with van der Waals surface area (Å²) in [7, 11) is 0. The number of aromatic nitrogens is 2. The molecule has 3 nitrogen and oxygen atoms in total. The second kappa shape index (κ2) is 5.30. The fourth-order valence-corrected chi connectivity index (χ4v) is 2.31. The molecule has 0 unspecified atom stereocenters. The lowest BCUT2D eigenvalue weighted by Crippen LogP contribution is -1.97. The van der Waals surface area contributed by atoms with Crippen molar-refractivity contribution >= 4 is 17.6 Å². The molecule has 18 heavy (non-hydrogen) atoms. The van der Waals surface area contributed by atoms with E-state index in [1.54, 1.807) is 13.0 Å². The van der Waals surface area contributed by atoms with Gasteiger partial charge in [-0.1, -0.05) is 11.8 Å². The van der Waals surface area contributed by atoms with Crippen LogP contribution in [0.3, 0.4) is 0 Å². The predicted octanol–water partition coefficient (Wildman–Crippen LogP) is 2.94. The smallest absolute Gasteiger partial charge is 0.190 e. The predicted molar refractivity (Wildman–Crippen MR) is 67.1 cm³/mol. The molecule has 1 heterocycles. The number of nitrogens with two attached hydrogens (primary N) is 1. The Labute approximate surface area is 107 Å². The van der Waals surface area contributed by atoms with E-state index in [0.29, 0.717) is 11.0 Å². The molecule has 6 heteroatoms. The van der Waals surface area contributed by atoms with Crippen LogP contribution >= 0.6 is 11.8 Å². The Kier molecular flexibility index (Phi) is 3.76. The van der Waals surface area contributed by atoms with Crippen molar-refractivity contribution in [1.82, 2.24) is 9.97 Å². The van der Waals surface area contributed by atoms with Crippen molar-refractivity contribution in [3.8, 4) is 0 Å². The monoisotopic (exact) mass is 267 g/mol. The van der Waals surface area contributed by atoms with E-state index in [-0.39, 0.29) is 11.3 Å². The van der Waals surface area contributed by atoms with Crippen molar-refractivity contribution in [2.24, 2.45) is 0 Å². The van der Waals surface area contributed by atoms with Gasteiger partial charge in [-0.2, -0.15) is 0 Å². The molecule has 0 atom stereocenters. The Bertz CT molecular complexity index is 555. The van der Waals surface area contributed by atoms with Crippen LogP contribution in [-0.4, -0.2) is 9.97 Å². The zero-order chi connectivity index (χ0) is 13.1. The first kappa shape index (κ1) is 12.8. The highest BCUT2D eigenvalue weighted by Crippen LogP contribution is 2.22. The van der Waals surface area contributed by atoms with E-state index in [2.05, 4.69) is 9.97 Å². The van der Waals surface area contributed by atoms with Gasteiger partial charge in [0, 0.05) is 23.1 Å². The third kappa shape index (κ3) is 3.16. The summed E-state index contributed by atoms with van der Waals surface area (Å²) in [6.07, 6.45) is 0. The van der Waals surface area contributed by atoms with Crippen molar-refractivity contribution in [3.63, 3.8) is 0 Å². The van der Waals surface area contributed by atoms with E-state index in [9.17, 15) is 8.78 Å². The van der Waals surface area contributed by atoms with E-state index in [1.807, 2.05) is 0 Å². The standard InChI is InChI=1S/C12H11F2N3S/c1-7-4-11(15)17-12(16-7)18-6-8-5-9(13)2-3-10(8)14/h2-5H,6H2,1H3,(H2,15,16,17). The van der Waals surface area contributed by atoms with Crippen molar-refractivity contribution in [3.05, 3.63) is 47.2 Å². The highest BCUT2D eigenvalue weighted by molar-refractivity contribution is 7.98. The van der Waals surface area contributed by atoms with Crippen LogP contribution in [0.4, 0.5) is 14.6 Å². The number of thioether (sulfide) groups is 1. The van der Waals surface area contributed by atoms with E-state index in [4.69, 9.17) is 5.73 Å². The number of aryl methyl sites for hydroxylation is 1. The number of benzene rings is 1. The first-order valence-electron chi connectivity index (χ1n) is 5.22. The van der Waals surface area contributed by atoms with E-state index in [0.717, 1.165) is 17.8 Å². The molecule has 2 aromatic rings. The van der Waals surface area contributed by atoms with E-state index in [1.165, 1.54) is 17.8 Å². The van der Waals surface area contributed by atoms with Crippen LogP contribution in [0.1, 0.15) is 11.3 Å². The molecule has 94 valence electrons. The highest BCUT2D eigenvalue weighted by atomic mass is 32.2. The topological polar surface area (TPSA) is 51.8 Å². The number of nitrogens with zero attached hydrogens (tertiary/aromatic N) is 2. The SMILES string of the molecule is Cc1cc(N)nc(SCc2cc(F)ccc2F)n1. The van der Waals surface area contributed by atoms with Gasteiger partial charge in [0.1, 0.15) is 17.5 Å². The van der Waals surface area contributed by atoms with Gasteiger partial charge in [0.05, 0.1) is 0 Å². The summed E-state index contributed by atoms with van der Waals surface area (Å²) >= 11 is 1.22. The molecule has 2 N–H and O–H groups in total. The maximum Gasteiger partial charge on any atom is 0.190 e. The molecule has 2 rings (SSSR count). The molecule has 0 aliphatic heterocycles. The molecule has 1 aromatic heterocycles. The van der Waals surface area contributed by atoms with Crippen LogP contribution in [0, 0.1) is 18.6 Å². The Morgan fingerprint density at radius 1 is 1.22 bits per heavy atom. The lowest BCUT2D eigenvalue weighted by Gasteiger charge is -2.04. The lowest BCUT2D eigenvalue weighted by molar-refractivity contribution is 0.591. The maximum atomic E-state index is 13.4. The number of hydrogen-bond donors (Lipinski definition) is 1. The first-order chi connectivity index (χ1) is 8.54. The van der Waals surface area contributed by atoms with Gasteiger partial charge in [-0.3, -0.25) is 0 Å². The molecule has 1 aromatic carbocycles. The van der Waals surface area contributed by atoms with Crippen molar-refractivity contribution in [1.29, 1.82) is 0 Å². The van der Waals surface area contributed by atoms with Crippen LogP contribution < -0.4 is 5.73 Å². The number of nitrogen functional groups attached to an aromatic ring is 1. The van der Waals surface area contributed by atoms with Gasteiger partial charge < -0.3 is 5.73 Å². The third-order valence-corrected chi connectivity index (χ3v) is 3.11. The Morgan fingerprint density at radius 2 is 2.00 bits per heavy atom. The first-order valence-corrected chi connectivity index (χ1v) is 6.21. The molecule has 0 saturated heterocycles. The summed E-state index contributed by atoms with van der Waals surface area (Å²) in [5.74, 6) is -0.280. The number of hydrogen-bond acceptors (Lipinski definition) is 4. The van der Waals surface area contributed by atoms with Crippen molar-refractivity contribution < 1.29 is 8.78 Å². The average molecular weight is 267 g/mol. The molecule has 0 spiro atoms. The minimum atomic E-state index is -0.461. The maximum absolute atomic E-state index is 13.4. The molecule has 0 radical (unpaired) electrons. The second-order valence-corrected chi connectivity index (χ2v) is 4.68.